The van der Waals surface area contributed by atoms with Gasteiger partial charge in [-0.15, -0.1) is 0 Å². The monoisotopic (exact) mass is 565 g/mol. The summed E-state index contributed by atoms with van der Waals surface area (Å²) in [7, 11) is -0.999. The summed E-state index contributed by atoms with van der Waals surface area (Å²) in [6, 6.07) is 21.8. The van der Waals surface area contributed by atoms with Gasteiger partial charge in [0.15, 0.2) is 0 Å². The van der Waals surface area contributed by atoms with Crippen LogP contribution in [0.5, 0.6) is 0 Å². The van der Waals surface area contributed by atoms with Crippen LogP contribution in [0.1, 0.15) is 80.6 Å². The third-order valence-electron chi connectivity index (χ3n) is 8.95. The Kier molecular flexibility index (Phi) is 7.86. The first-order valence-corrected chi connectivity index (χ1v) is 14.6. The van der Waals surface area contributed by atoms with E-state index in [1.807, 2.05) is 80.6 Å². The van der Waals surface area contributed by atoms with E-state index in [1.165, 1.54) is 0 Å². The molecule has 0 N–H and O–H groups in total. The van der Waals surface area contributed by atoms with Gasteiger partial charge in [0, 0.05) is 10.9 Å². The number of aromatic nitrogens is 1. The van der Waals surface area contributed by atoms with Crippen LogP contribution in [-0.2, 0) is 18.6 Å². The number of pyridine rings is 1. The highest BCUT2D eigenvalue weighted by Crippen LogP contribution is 2.38. The van der Waals surface area contributed by atoms with Gasteiger partial charge >= 0.3 is 14.2 Å². The third-order valence-corrected chi connectivity index (χ3v) is 8.95. The van der Waals surface area contributed by atoms with Crippen molar-refractivity contribution in [2.24, 2.45) is 9.98 Å². The van der Waals surface area contributed by atoms with Crippen molar-refractivity contribution in [3.05, 3.63) is 78.1 Å². The third kappa shape index (κ3) is 5.76. The Balaban J connectivity index is 1.42. The Labute approximate surface area is 251 Å². The number of para-hydroxylation sites is 2. The van der Waals surface area contributed by atoms with Gasteiger partial charge in [-0.25, -0.2) is 4.98 Å². The van der Waals surface area contributed by atoms with Crippen molar-refractivity contribution in [3.63, 3.8) is 0 Å². The molecule has 3 aromatic rings. The molecule has 5 rings (SSSR count). The summed E-state index contributed by atoms with van der Waals surface area (Å²) in [5.41, 5.74) is 4.74. The van der Waals surface area contributed by atoms with E-state index in [-0.39, 0.29) is 0 Å². The fourth-order valence-electron chi connectivity index (χ4n) is 4.83. The van der Waals surface area contributed by atoms with Crippen LogP contribution < -0.4 is 10.9 Å². The fraction of sp³-hybridized carbons (Fsp3) is 0.424. The lowest BCUT2D eigenvalue weighted by molar-refractivity contribution is 0.00578. The predicted molar refractivity (Wildman–Crippen MR) is 172 cm³/mol. The molecule has 2 aromatic carbocycles. The molecule has 2 saturated heterocycles. The van der Waals surface area contributed by atoms with Crippen LogP contribution in [0.3, 0.4) is 0 Å². The van der Waals surface area contributed by atoms with Crippen LogP contribution in [0.4, 0.5) is 11.4 Å². The molecular formula is C33H41B2N3O4. The Morgan fingerprint density at radius 1 is 0.524 bits per heavy atom. The summed E-state index contributed by atoms with van der Waals surface area (Å²) in [5, 5.41) is 0. The van der Waals surface area contributed by atoms with E-state index in [9.17, 15) is 0 Å². The Hall–Kier alpha value is -3.10. The lowest BCUT2D eigenvalue weighted by Gasteiger charge is -2.32. The molecule has 9 heteroatoms. The Morgan fingerprint density at radius 3 is 1.21 bits per heavy atom. The highest BCUT2D eigenvalue weighted by atomic mass is 16.7. The maximum atomic E-state index is 6.31. The van der Waals surface area contributed by atoms with Gasteiger partial charge in [-0.1, -0.05) is 42.5 Å². The molecule has 0 saturated carbocycles. The SMILES string of the molecule is CC(=Nc1ccccc1B1OC(C)(C)C(C)(C)O1)c1cccc(C(C)=Nc2ccccc2B2OC(C)(C)C(C)(C)O2)n1. The van der Waals surface area contributed by atoms with E-state index in [0.717, 1.165) is 45.1 Å². The fourth-order valence-corrected chi connectivity index (χ4v) is 4.83. The summed E-state index contributed by atoms with van der Waals surface area (Å²) in [4.78, 5) is 14.9. The van der Waals surface area contributed by atoms with Crippen LogP contribution in [-0.4, -0.2) is 53.0 Å². The quantitative estimate of drug-likeness (QED) is 0.273. The zero-order valence-corrected chi connectivity index (χ0v) is 26.5. The van der Waals surface area contributed by atoms with E-state index < -0.39 is 36.6 Å². The maximum Gasteiger partial charge on any atom is 0.497 e. The maximum absolute atomic E-state index is 6.31. The minimum Gasteiger partial charge on any atom is -0.399 e. The predicted octanol–water partition coefficient (Wildman–Crippen LogP) is 5.96. The highest BCUT2D eigenvalue weighted by molar-refractivity contribution is 6.64. The molecule has 2 fully saturated rings. The van der Waals surface area contributed by atoms with Gasteiger partial charge in [0.25, 0.3) is 0 Å². The van der Waals surface area contributed by atoms with E-state index >= 15 is 0 Å². The standard InChI is InChI=1S/C33H41B2N3O4/c1-22(36-28-18-13-11-16-24(28)34-39-30(3,4)31(5,6)40-34)26-20-15-21-27(38-26)23(2)37-29-19-14-12-17-25(29)35-41-32(7,8)33(9,10)42-35/h11-21H,1-10H3. The molecule has 2 aliphatic rings. The van der Waals surface area contributed by atoms with Crippen LogP contribution in [0.2, 0.25) is 0 Å². The molecule has 0 unspecified atom stereocenters. The molecule has 0 aliphatic carbocycles. The second kappa shape index (κ2) is 10.9. The molecular weight excluding hydrogens is 524 g/mol. The minimum atomic E-state index is -0.500. The first-order chi connectivity index (χ1) is 19.6. The van der Waals surface area contributed by atoms with Crippen molar-refractivity contribution in [3.8, 4) is 0 Å². The topological polar surface area (TPSA) is 74.5 Å². The summed E-state index contributed by atoms with van der Waals surface area (Å²) in [6.45, 7) is 20.4. The van der Waals surface area contributed by atoms with Crippen LogP contribution in [0.25, 0.3) is 0 Å². The van der Waals surface area contributed by atoms with Gasteiger partial charge in [0.05, 0.1) is 56.6 Å². The number of aliphatic imine (C=N–C) groups is 2. The molecule has 0 bridgehead atoms. The van der Waals surface area contributed by atoms with E-state index in [2.05, 4.69) is 55.4 Å². The van der Waals surface area contributed by atoms with E-state index in [4.69, 9.17) is 33.6 Å². The van der Waals surface area contributed by atoms with Gasteiger partial charge in [-0.05, 0) is 93.5 Å². The molecule has 42 heavy (non-hydrogen) atoms. The van der Waals surface area contributed by atoms with E-state index in [1.54, 1.807) is 0 Å². The molecule has 218 valence electrons. The lowest BCUT2D eigenvalue weighted by atomic mass is 9.78. The number of hydrogen-bond donors (Lipinski definition) is 0. The molecule has 1 aromatic heterocycles. The van der Waals surface area contributed by atoms with Gasteiger partial charge in [-0.2, -0.15) is 0 Å². The van der Waals surface area contributed by atoms with Gasteiger partial charge in [0.2, 0.25) is 0 Å². The summed E-state index contributed by atoms with van der Waals surface area (Å²) in [6.07, 6.45) is 0. The summed E-state index contributed by atoms with van der Waals surface area (Å²) in [5.74, 6) is 0. The van der Waals surface area contributed by atoms with Crippen molar-refractivity contribution in [2.45, 2.75) is 91.6 Å². The van der Waals surface area contributed by atoms with Crippen LogP contribution in [0.15, 0.2) is 76.7 Å². The molecule has 0 spiro atoms. The minimum absolute atomic E-state index is 0.433. The lowest BCUT2D eigenvalue weighted by Crippen LogP contribution is -2.41. The van der Waals surface area contributed by atoms with Crippen LogP contribution in [0, 0.1) is 0 Å². The second-order valence-electron chi connectivity index (χ2n) is 13.1. The number of nitrogens with zero attached hydrogens (tertiary/aromatic N) is 3. The summed E-state index contributed by atoms with van der Waals surface area (Å²) < 4.78 is 25.3. The normalized spacial score (nSPS) is 21.2. The van der Waals surface area contributed by atoms with Crippen LogP contribution >= 0.6 is 0 Å². The van der Waals surface area contributed by atoms with Crippen molar-refractivity contribution >= 4 is 48.0 Å². The molecule has 3 heterocycles. The molecule has 7 nitrogen and oxygen atoms in total. The molecule has 0 radical (unpaired) electrons. The zero-order chi connectivity index (χ0) is 30.5. The number of benzene rings is 2. The van der Waals surface area contributed by atoms with Gasteiger partial charge in [0.1, 0.15) is 0 Å². The Morgan fingerprint density at radius 2 is 0.857 bits per heavy atom. The first-order valence-electron chi connectivity index (χ1n) is 14.6. The number of hydrogen-bond acceptors (Lipinski definition) is 7. The molecule has 0 amide bonds. The number of rotatable bonds is 6. The summed E-state index contributed by atoms with van der Waals surface area (Å²) >= 11 is 0. The van der Waals surface area contributed by atoms with Crippen molar-refractivity contribution < 1.29 is 18.6 Å². The Bertz CT molecular complexity index is 1400. The average Bonchev–Trinajstić information content (AvgIpc) is 3.28. The largest absolute Gasteiger partial charge is 0.497 e. The smallest absolute Gasteiger partial charge is 0.399 e. The second-order valence-corrected chi connectivity index (χ2v) is 13.1. The van der Waals surface area contributed by atoms with Crippen molar-refractivity contribution in [1.82, 2.24) is 4.98 Å². The highest BCUT2D eigenvalue weighted by Gasteiger charge is 2.53. The average molecular weight is 565 g/mol. The molecule has 2 aliphatic heterocycles. The van der Waals surface area contributed by atoms with Crippen molar-refractivity contribution in [2.75, 3.05) is 0 Å². The van der Waals surface area contributed by atoms with E-state index in [0.29, 0.717) is 0 Å². The van der Waals surface area contributed by atoms with Crippen molar-refractivity contribution in [1.29, 1.82) is 0 Å². The van der Waals surface area contributed by atoms with Gasteiger partial charge in [-0.3, -0.25) is 9.98 Å². The zero-order valence-electron chi connectivity index (χ0n) is 26.5. The van der Waals surface area contributed by atoms with Gasteiger partial charge < -0.3 is 18.6 Å². The first kappa shape index (κ1) is 30.4. The molecule has 0 atom stereocenters.